The van der Waals surface area contributed by atoms with E-state index in [1.54, 1.807) is 41.5 Å². The highest BCUT2D eigenvalue weighted by atomic mass is 35.5. The molecule has 2 aromatic rings. The van der Waals surface area contributed by atoms with Crippen LogP contribution in [0.5, 0.6) is 0 Å². The van der Waals surface area contributed by atoms with Crippen molar-refractivity contribution >= 4 is 485 Å². The molecular formula is C45H112Cl3N10O12P49. The van der Waals surface area contributed by atoms with Gasteiger partial charge in [-0.1, -0.05) is 15.4 Å². The number of hydrazine groups is 2. The summed E-state index contributed by atoms with van der Waals surface area (Å²) in [7, 11) is 87.8. The summed E-state index contributed by atoms with van der Waals surface area (Å²) in [4.78, 5) is 121. The van der Waals surface area contributed by atoms with Crippen molar-refractivity contribution in [2.24, 2.45) is 11.8 Å². The van der Waals surface area contributed by atoms with Gasteiger partial charge in [-0.15, -0.1) is 271 Å². The summed E-state index contributed by atoms with van der Waals surface area (Å²) in [5, 5.41) is 10.6. The number of nitrogens with one attached hydrogen (secondary N) is 7. The molecule has 2 fully saturated rings. The molecule has 7 N–H and O–H groups in total. The Morgan fingerprint density at radius 1 is 0.521 bits per heavy atom. The van der Waals surface area contributed by atoms with E-state index < -0.39 is 81.4 Å². The number of carbonyl (C=O) groups is 8. The average Bonchev–Trinajstić information content (AvgIpc) is 0.953. The Morgan fingerprint density at radius 2 is 0.832 bits per heavy atom. The molecule has 0 radical (unpaired) electrons. The minimum Gasteiger partial charge on any atom is -0.444 e. The summed E-state index contributed by atoms with van der Waals surface area (Å²) in [5.41, 5.74) is 4.67. The molecule has 0 aliphatic carbocycles. The van der Waals surface area contributed by atoms with Crippen LogP contribution in [0, 0.1) is 36.5 Å². The van der Waals surface area contributed by atoms with Gasteiger partial charge in [0.1, 0.15) is 40.5 Å². The van der Waals surface area contributed by atoms with Crippen molar-refractivity contribution in [3.8, 4) is 24.7 Å². The van der Waals surface area contributed by atoms with Crippen LogP contribution in [-0.2, 0) is 38.2 Å². The molecule has 0 aromatic carbocycles. The lowest BCUT2D eigenvalue weighted by atomic mass is 10.1. The van der Waals surface area contributed by atoms with Crippen LogP contribution in [-0.4, -0.2) is 110 Å². The number of terminal acetylenes is 2. The van der Waals surface area contributed by atoms with Crippen LogP contribution in [0.4, 0.5) is 21.0 Å². The largest absolute Gasteiger partial charge is 0.444 e. The summed E-state index contributed by atoms with van der Waals surface area (Å²) in [6, 6.07) is 3.52. The minimum atomic E-state index is -1.21. The number of ether oxygens (including phenoxy) is 2. The molecule has 74 heteroatoms. The fraction of sp³-hybridized carbons (Fsp3) is 0.511. The van der Waals surface area contributed by atoms with Crippen LogP contribution in [0.15, 0.2) is 46.2 Å². The van der Waals surface area contributed by atoms with Gasteiger partial charge in [0, 0.05) is 44.9 Å². The number of halogens is 3. The summed E-state index contributed by atoms with van der Waals surface area (Å²) in [6.45, 7) is 8.02. The third-order valence-electron chi connectivity index (χ3n) is 13.4. The van der Waals surface area contributed by atoms with Crippen molar-refractivity contribution in [2.45, 2.75) is 97.9 Å². The zero-order valence-electron chi connectivity index (χ0n) is 64.1. The molecule has 0 saturated carbocycles. The van der Waals surface area contributed by atoms with Gasteiger partial charge in [-0.25, -0.2) is 15.0 Å². The van der Waals surface area contributed by atoms with Crippen LogP contribution < -0.4 is 48.7 Å². The summed E-state index contributed by atoms with van der Waals surface area (Å²) >= 11 is 15.2. The average molecular weight is 2610 g/mol. The molecule has 29 unspecified atom stereocenters. The molecule has 0 bridgehead atoms. The zero-order valence-corrected chi connectivity index (χ0v) is 117. The van der Waals surface area contributed by atoms with Crippen molar-refractivity contribution in [2.75, 3.05) is 48.6 Å². The van der Waals surface area contributed by atoms with E-state index in [1.165, 1.54) is 36.7 Å². The monoisotopic (exact) mass is 2610 g/mol. The second kappa shape index (κ2) is 70.3. The zero-order chi connectivity index (χ0) is 91.0. The van der Waals surface area contributed by atoms with E-state index in [1.807, 2.05) is 0 Å². The smallest absolute Gasteiger partial charge is 0.412 e. The second-order valence-electron chi connectivity index (χ2n) is 24.6. The number of pyridine rings is 2. The third-order valence-corrected chi connectivity index (χ3v) is 351. The number of hydrogen-bond donors (Lipinski definition) is 7. The summed E-state index contributed by atoms with van der Waals surface area (Å²) in [6.07, 6.45) is 12.9. The van der Waals surface area contributed by atoms with Gasteiger partial charge in [-0.05, 0) is 251 Å². The Hall–Kier alpha value is 14.5. The van der Waals surface area contributed by atoms with E-state index in [-0.39, 0.29) is 229 Å². The molecule has 0 spiro atoms. The Balaban J connectivity index is 0.00000175. The Morgan fingerprint density at radius 3 is 1.10 bits per heavy atom. The highest BCUT2D eigenvalue weighted by Gasteiger charge is 2.59. The second-order valence-corrected chi connectivity index (χ2v) is 225. The van der Waals surface area contributed by atoms with Gasteiger partial charge in [-0.3, -0.25) is 64.9 Å². The predicted octanol–water partition coefficient (Wildman–Crippen LogP) is 31.7. The van der Waals surface area contributed by atoms with Crippen molar-refractivity contribution in [1.29, 1.82) is 0 Å². The first-order valence-electron chi connectivity index (χ1n) is 32.3. The lowest BCUT2D eigenvalue weighted by Crippen LogP contribution is -2.52. The fourth-order valence-corrected chi connectivity index (χ4v) is 700. The van der Waals surface area contributed by atoms with Gasteiger partial charge in [0.15, 0.2) is 0 Å². The quantitative estimate of drug-likeness (QED) is 0.0108. The van der Waals surface area contributed by atoms with Crippen molar-refractivity contribution in [3.63, 3.8) is 0 Å². The molecule has 33 atom stereocenters. The molecule has 2 aromatic heterocycles. The van der Waals surface area contributed by atoms with Gasteiger partial charge in [-0.2, -0.15) is 0 Å². The molecule has 2 saturated heterocycles. The number of aromatic nitrogens is 2. The maximum atomic E-state index is 13.1. The van der Waals surface area contributed by atoms with Crippen LogP contribution >= 0.6 is 427 Å². The molecule has 7 amide bonds. The molecule has 680 valence electrons. The van der Waals surface area contributed by atoms with Crippen LogP contribution in [0.3, 0.4) is 0 Å². The number of nitrogens with zero attached hydrogens (tertiary/aromatic N) is 3. The van der Waals surface area contributed by atoms with Gasteiger partial charge in [0.2, 0.25) is 17.1 Å². The number of carbonyl (C=O) groups excluding carboxylic acids is 8. The molecular weight excluding hydrogens is 2500 g/mol. The molecule has 2 aliphatic rings. The number of alkyl halides is 2. The summed E-state index contributed by atoms with van der Waals surface area (Å²) in [5.74, 6) is 1.21. The highest BCUT2D eigenvalue weighted by Crippen LogP contribution is 3.46. The first kappa shape index (κ1) is 133. The number of anilines is 2. The van der Waals surface area contributed by atoms with Gasteiger partial charge >= 0.3 is 12.2 Å². The van der Waals surface area contributed by atoms with E-state index in [0.717, 1.165) is 22.1 Å². The normalized spacial score (nSPS) is 15.9. The first-order valence-corrected chi connectivity index (χ1v) is 123. The van der Waals surface area contributed by atoms with Gasteiger partial charge < -0.3 is 29.2 Å². The molecule has 4 rings (SSSR count). The first-order chi connectivity index (χ1) is 54.7. The standard InChI is InChI=1S/C22H28ClN5O6.C20H27N5O5.C2H2Cl2O.CH4.H51P49/c1-5-7-16(19(31)26-28(17(29)12-23)13-14-9-10-24-18(14)30)27-11-6-8-15(20(27)32)25-21(33)34-22(2,3)4;1-5-7-15(17(27)24-22-12-13-9-10-21-16(13)26)25-11-6-8-14(18(25)28)23-19(29)30-20(2,3)4;3-1-2(4)5;;1-26-39(27(2)3)45(38(24)25)48(44(36(20)21)37(22)23)49(46(40(28(4)5)29(6)7)41(30(8)9)31(10)11)47(42(32(12)13)33(14)15)43(34(16)17)35(18)19/h1,6,8,11,14,16H,7,9-10,12-13H2,2-4H3,(H,24,30)(H,25,33)(H,26,31);1,6,8,11,13,15,22H,7,9-10,12H2,2-4H3,(H,21,26)(H,23,29)(H,24,27);1H2;1H4;26H,1-25H2/t14-,16-;13-,15-;;;/m00.../s1. The SMILES string of the molecule is C.C#CC[C@@H](C(=O)NN(C[C@@H]1CCNC1=O)C(=O)CCl)n1cccc(NC(=O)OC(C)(C)C)c1=O.C#CC[C@@H](C(=O)NNC[C@@H]1CCNC1=O)n1cccc(NC(=O)OC(C)(C)C)c1=O.O=C(Cl)CCl.PPP(P(P)P)P(P(P)P)P(P(P(P)P)P(P)P)P(P(P(P(P)P)P(P)P)P(P(P)P)P(P)P)P(P(P(P)P)P(P)P)P(P(P)P)P(P)P. The van der Waals surface area contributed by atoms with Crippen LogP contribution in [0.2, 0.25) is 0 Å². The van der Waals surface area contributed by atoms with Crippen molar-refractivity contribution in [1.82, 2.24) is 41.1 Å². The highest BCUT2D eigenvalue weighted by molar-refractivity contribution is 9.51. The molecule has 22 nitrogen and oxygen atoms in total. The van der Waals surface area contributed by atoms with E-state index in [0.29, 0.717) is 25.9 Å². The molecule has 4 heterocycles. The van der Waals surface area contributed by atoms with Crippen molar-refractivity contribution < 1.29 is 47.8 Å². The van der Waals surface area contributed by atoms with Crippen LogP contribution in [0.25, 0.3) is 0 Å². The number of amides is 7. The van der Waals surface area contributed by atoms with E-state index in [9.17, 15) is 47.9 Å². The lowest BCUT2D eigenvalue weighted by molar-refractivity contribution is -0.142. The van der Waals surface area contributed by atoms with E-state index in [4.69, 9.17) is 57.1 Å². The van der Waals surface area contributed by atoms with Gasteiger partial charge in [0.25, 0.3) is 28.8 Å². The Bertz CT molecular complexity index is 3620. The third kappa shape index (κ3) is 49.0. The maximum Gasteiger partial charge on any atom is 0.412 e. The predicted molar refractivity (Wildman–Crippen MR) is 674 cm³/mol. The fourth-order valence-electron chi connectivity index (χ4n) is 8.96. The topological polar surface area (TPSA) is 286 Å². The molecule has 119 heavy (non-hydrogen) atoms. The number of hydrogen-bond acceptors (Lipinski definition) is 13. The van der Waals surface area contributed by atoms with Gasteiger partial charge in [0.05, 0.1) is 24.3 Å². The van der Waals surface area contributed by atoms with Crippen LogP contribution in [0.1, 0.15) is 86.7 Å². The number of rotatable bonds is 38. The Kier molecular flexibility index (Phi) is 78.9. The summed E-state index contributed by atoms with van der Waals surface area (Å²) < 4.78 is 12.5. The Labute approximate surface area is 805 Å². The lowest BCUT2D eigenvalue weighted by Gasteiger charge is -2.58. The van der Waals surface area contributed by atoms with E-state index in [2.05, 4.69) is 273 Å². The van der Waals surface area contributed by atoms with Crippen molar-refractivity contribution in [3.05, 3.63) is 57.4 Å². The van der Waals surface area contributed by atoms with E-state index >= 15 is 0 Å². The maximum absolute atomic E-state index is 13.1. The minimum absolute atomic E-state index is 0. The molecule has 2 aliphatic heterocycles.